The van der Waals surface area contributed by atoms with Crippen LogP contribution in [0.5, 0.6) is 17.4 Å². The number of aromatic nitrogens is 3. The molecule has 2 N–H and O–H groups in total. The highest BCUT2D eigenvalue weighted by molar-refractivity contribution is 6.76. The summed E-state index contributed by atoms with van der Waals surface area (Å²) >= 11 is 6.73. The van der Waals surface area contributed by atoms with E-state index in [-0.39, 0.29) is 30.0 Å². The van der Waals surface area contributed by atoms with Gasteiger partial charge in [0.15, 0.2) is 5.65 Å². The van der Waals surface area contributed by atoms with E-state index in [9.17, 15) is 9.18 Å². The summed E-state index contributed by atoms with van der Waals surface area (Å²) in [4.78, 5) is 25.9. The highest BCUT2D eigenvalue weighted by Crippen LogP contribution is 2.38. The van der Waals surface area contributed by atoms with Gasteiger partial charge in [-0.2, -0.15) is 9.97 Å². The van der Waals surface area contributed by atoms with Crippen LogP contribution in [0.4, 0.5) is 27.4 Å². The number of nitrogens with zero attached hydrogens (tertiary/aromatic N) is 5. The molecule has 0 spiro atoms. The minimum absolute atomic E-state index is 0.0861. The fourth-order valence-corrected chi connectivity index (χ4v) is 6.08. The average molecular weight is 682 g/mol. The maximum Gasteiger partial charge on any atom is 0.247 e. The van der Waals surface area contributed by atoms with Crippen molar-refractivity contribution in [2.75, 3.05) is 62.5 Å². The number of hydrogen-bond donors (Lipinski definition) is 2. The van der Waals surface area contributed by atoms with E-state index in [4.69, 9.17) is 30.8 Å². The summed E-state index contributed by atoms with van der Waals surface area (Å²) in [5.41, 5.74) is 2.35. The summed E-state index contributed by atoms with van der Waals surface area (Å²) in [5, 5.41) is 6.58. The molecule has 3 heterocycles. The molecule has 2 aromatic carbocycles. The Morgan fingerprint density at radius 1 is 1.13 bits per heavy atom. The topological polar surface area (TPSA) is 106 Å². The molecule has 47 heavy (non-hydrogen) atoms. The van der Waals surface area contributed by atoms with Gasteiger partial charge in [0.05, 0.1) is 17.8 Å². The number of carbonyl (C=O) groups excluding carboxylic acids is 1. The van der Waals surface area contributed by atoms with Crippen LogP contribution in [0, 0.1) is 5.82 Å². The molecule has 14 heteroatoms. The van der Waals surface area contributed by atoms with E-state index < -0.39 is 19.8 Å². The predicted molar refractivity (Wildman–Crippen MR) is 188 cm³/mol. The maximum atomic E-state index is 14.6. The lowest BCUT2D eigenvalue weighted by Gasteiger charge is -2.34. The molecule has 4 aromatic rings. The number of likely N-dealkylation sites (N-methyl/N-ethyl adjacent to an activating group) is 1. The largest absolute Gasteiger partial charge is 0.494 e. The van der Waals surface area contributed by atoms with Crippen LogP contribution >= 0.6 is 11.6 Å². The van der Waals surface area contributed by atoms with Gasteiger partial charge in [-0.25, -0.2) is 4.39 Å². The van der Waals surface area contributed by atoms with Gasteiger partial charge in [0, 0.05) is 76.6 Å². The second kappa shape index (κ2) is 14.7. The summed E-state index contributed by atoms with van der Waals surface area (Å²) in [6, 6.07) is 10.8. The van der Waals surface area contributed by atoms with Crippen molar-refractivity contribution < 1.29 is 23.4 Å². The molecule has 250 valence electrons. The van der Waals surface area contributed by atoms with Crippen LogP contribution in [0.3, 0.4) is 0 Å². The fourth-order valence-electron chi connectivity index (χ4n) is 5.04. The van der Waals surface area contributed by atoms with E-state index in [1.807, 2.05) is 18.2 Å². The van der Waals surface area contributed by atoms with Gasteiger partial charge in [0.25, 0.3) is 0 Å². The van der Waals surface area contributed by atoms with E-state index >= 15 is 0 Å². The van der Waals surface area contributed by atoms with Crippen LogP contribution in [-0.2, 0) is 16.3 Å². The van der Waals surface area contributed by atoms with Crippen LogP contribution in [0.2, 0.25) is 30.7 Å². The van der Waals surface area contributed by atoms with Crippen molar-refractivity contribution in [3.05, 3.63) is 66.1 Å². The lowest BCUT2D eigenvalue weighted by atomic mass is 10.2. The van der Waals surface area contributed by atoms with Crippen LogP contribution in [0.1, 0.15) is 0 Å². The SMILES string of the molecule is C=CC(=O)Nc1cc(F)cc(Oc2nc(Nc3ccc(N4CCN(C)CC4)cc3OC)nc3c2c(Cl)cn3COCC[Si](C)(C)C)c1. The summed E-state index contributed by atoms with van der Waals surface area (Å²) in [6.45, 7) is 14.9. The number of rotatable bonds is 13. The molecule has 1 saturated heterocycles. The van der Waals surface area contributed by atoms with E-state index in [1.54, 1.807) is 17.9 Å². The number of ether oxygens (including phenoxy) is 3. The van der Waals surface area contributed by atoms with Crippen molar-refractivity contribution >= 4 is 59.6 Å². The van der Waals surface area contributed by atoms with E-state index in [2.05, 4.69) is 58.7 Å². The van der Waals surface area contributed by atoms with E-state index in [0.29, 0.717) is 34.1 Å². The van der Waals surface area contributed by atoms with Gasteiger partial charge < -0.3 is 39.2 Å². The van der Waals surface area contributed by atoms with Crippen LogP contribution < -0.4 is 25.0 Å². The molecule has 0 saturated carbocycles. The Hall–Kier alpha value is -4.17. The molecule has 11 nitrogen and oxygen atoms in total. The Balaban J connectivity index is 1.50. The summed E-state index contributed by atoms with van der Waals surface area (Å²) in [5.74, 6) is -0.103. The normalized spacial score (nSPS) is 13.9. The second-order valence-corrected chi connectivity index (χ2v) is 18.6. The highest BCUT2D eigenvalue weighted by atomic mass is 35.5. The number of carbonyl (C=O) groups is 1. The number of piperazine rings is 1. The van der Waals surface area contributed by atoms with Crippen LogP contribution in [0.25, 0.3) is 11.0 Å². The van der Waals surface area contributed by atoms with Crippen LogP contribution in [0.15, 0.2) is 55.3 Å². The van der Waals surface area contributed by atoms with Crippen molar-refractivity contribution in [3.8, 4) is 17.4 Å². The van der Waals surface area contributed by atoms with Gasteiger partial charge in [0.2, 0.25) is 17.7 Å². The lowest BCUT2D eigenvalue weighted by molar-refractivity contribution is -0.111. The molecule has 1 amide bonds. The van der Waals surface area contributed by atoms with Gasteiger partial charge in [-0.05, 0) is 37.4 Å². The first-order chi connectivity index (χ1) is 22.4. The maximum absolute atomic E-state index is 14.6. The Bertz CT molecular complexity index is 1760. The third kappa shape index (κ3) is 8.80. The predicted octanol–water partition coefficient (Wildman–Crippen LogP) is 6.96. The number of methoxy groups -OCH3 is 1. The van der Waals surface area contributed by atoms with Gasteiger partial charge in [-0.15, -0.1) is 0 Å². The van der Waals surface area contributed by atoms with E-state index in [0.717, 1.165) is 44.0 Å². The van der Waals surface area contributed by atoms with Gasteiger partial charge >= 0.3 is 0 Å². The number of benzene rings is 2. The molecular formula is C33H41ClFN7O4Si. The number of fused-ring (bicyclic) bond motifs is 1. The van der Waals surface area contributed by atoms with Crippen molar-refractivity contribution in [2.24, 2.45) is 0 Å². The Kier molecular flexibility index (Phi) is 10.7. The number of anilines is 4. The molecule has 0 aliphatic carbocycles. The molecule has 1 aliphatic rings. The van der Waals surface area contributed by atoms with Crippen LogP contribution in [-0.4, -0.2) is 80.4 Å². The Morgan fingerprint density at radius 2 is 1.89 bits per heavy atom. The molecule has 1 aliphatic heterocycles. The molecule has 0 unspecified atom stereocenters. The van der Waals surface area contributed by atoms with Crippen molar-refractivity contribution in [1.29, 1.82) is 0 Å². The smallest absolute Gasteiger partial charge is 0.247 e. The first kappa shape index (κ1) is 34.2. The van der Waals surface area contributed by atoms with Crippen molar-refractivity contribution in [2.45, 2.75) is 32.4 Å². The van der Waals surface area contributed by atoms with Gasteiger partial charge in [-0.3, -0.25) is 4.79 Å². The summed E-state index contributed by atoms with van der Waals surface area (Å²) in [7, 11) is 2.44. The monoisotopic (exact) mass is 681 g/mol. The number of amides is 1. The summed E-state index contributed by atoms with van der Waals surface area (Å²) < 4.78 is 34.3. The molecule has 0 radical (unpaired) electrons. The standard InChI is InChI=1S/C33H41ClFN7O4Si/c1-7-29(43)36-23-16-22(35)17-25(18-23)46-32-30-26(34)20-42(21-45-14-15-47(4,5)6)31(30)38-33(39-32)37-27-9-8-24(19-28(27)44-3)41-12-10-40(2)11-13-41/h7-9,16-20H,1,10-15,21H2,2-6H3,(H,36,43)(H,37,38,39). The zero-order valence-electron chi connectivity index (χ0n) is 27.4. The quantitative estimate of drug-likeness (QED) is 0.0880. The van der Waals surface area contributed by atoms with Gasteiger partial charge in [0.1, 0.15) is 29.4 Å². The molecule has 5 rings (SSSR count). The first-order valence-corrected chi connectivity index (χ1v) is 19.5. The minimum atomic E-state index is -1.29. The fraction of sp³-hybridized carbons (Fsp3) is 0.364. The molecular weight excluding hydrogens is 641 g/mol. The zero-order chi connectivity index (χ0) is 33.7. The van der Waals surface area contributed by atoms with Gasteiger partial charge in [-0.1, -0.05) is 37.8 Å². The minimum Gasteiger partial charge on any atom is -0.494 e. The molecule has 0 bridgehead atoms. The first-order valence-electron chi connectivity index (χ1n) is 15.4. The van der Waals surface area contributed by atoms with Crippen molar-refractivity contribution in [1.82, 2.24) is 19.4 Å². The molecule has 2 aromatic heterocycles. The lowest BCUT2D eigenvalue weighted by Crippen LogP contribution is -2.44. The average Bonchev–Trinajstić information content (AvgIpc) is 3.34. The molecule has 0 atom stereocenters. The highest BCUT2D eigenvalue weighted by Gasteiger charge is 2.21. The third-order valence-corrected chi connectivity index (χ3v) is 9.69. The number of nitrogens with one attached hydrogen (secondary N) is 2. The Morgan fingerprint density at radius 3 is 2.60 bits per heavy atom. The Labute approximate surface area is 280 Å². The second-order valence-electron chi connectivity index (χ2n) is 12.6. The number of hydrogen-bond acceptors (Lipinski definition) is 9. The number of halogens is 2. The van der Waals surface area contributed by atoms with E-state index in [1.165, 1.54) is 18.2 Å². The van der Waals surface area contributed by atoms with Crippen molar-refractivity contribution in [3.63, 3.8) is 0 Å². The summed E-state index contributed by atoms with van der Waals surface area (Å²) in [6.07, 6.45) is 2.80. The zero-order valence-corrected chi connectivity index (χ0v) is 29.2. The third-order valence-electron chi connectivity index (χ3n) is 7.70. The molecule has 1 fully saturated rings.